The van der Waals surface area contributed by atoms with Gasteiger partial charge >= 0.3 is 11.9 Å². The fourth-order valence-electron chi connectivity index (χ4n) is 12.4. The fourth-order valence-corrected chi connectivity index (χ4v) is 12.4. The Hall–Kier alpha value is -1.56. The molecule has 266 valence electrons. The van der Waals surface area contributed by atoms with Crippen molar-refractivity contribution in [2.45, 2.75) is 149 Å². The Balaban J connectivity index is 1.30. The van der Waals surface area contributed by atoms with E-state index in [0.29, 0.717) is 25.2 Å². The van der Waals surface area contributed by atoms with Gasteiger partial charge in [0.05, 0.1) is 19.3 Å². The van der Waals surface area contributed by atoms with Gasteiger partial charge in [0.2, 0.25) is 0 Å². The molecule has 0 aromatic carbocycles. The van der Waals surface area contributed by atoms with Crippen molar-refractivity contribution < 1.29 is 49.3 Å². The summed E-state index contributed by atoms with van der Waals surface area (Å²) in [6.45, 7) is 16.0. The van der Waals surface area contributed by atoms with Crippen LogP contribution in [0.25, 0.3) is 0 Å². The van der Waals surface area contributed by atoms with Gasteiger partial charge in [-0.3, -0.25) is 4.79 Å². The number of carboxylic acid groups (broad SMARTS) is 1. The summed E-state index contributed by atoms with van der Waals surface area (Å²) in [5.74, 6) is -1.34. The smallest absolute Gasteiger partial charge is 0.337 e. The molecule has 5 aliphatic carbocycles. The molecule has 4 saturated carbocycles. The first-order valence-corrected chi connectivity index (χ1v) is 17.8. The van der Waals surface area contributed by atoms with Crippen LogP contribution in [-0.2, 0) is 23.8 Å². The molecule has 47 heavy (non-hydrogen) atoms. The zero-order valence-corrected chi connectivity index (χ0v) is 29.5. The van der Waals surface area contributed by atoms with Crippen molar-refractivity contribution in [3.63, 3.8) is 0 Å². The molecule has 5 fully saturated rings. The molecule has 14 atom stereocenters. The van der Waals surface area contributed by atoms with Gasteiger partial charge in [-0.05, 0) is 103 Å². The minimum atomic E-state index is -1.64. The molecule has 0 aromatic rings. The normalized spacial score (nSPS) is 51.7. The van der Waals surface area contributed by atoms with Crippen molar-refractivity contribution in [1.82, 2.24) is 0 Å². The highest BCUT2D eigenvalue weighted by Crippen LogP contribution is 2.76. The van der Waals surface area contributed by atoms with Crippen LogP contribution >= 0.6 is 0 Å². The minimum Gasteiger partial charge on any atom is -0.481 e. The summed E-state index contributed by atoms with van der Waals surface area (Å²) < 4.78 is 16.9. The van der Waals surface area contributed by atoms with Gasteiger partial charge < -0.3 is 39.7 Å². The second-order valence-corrected chi connectivity index (χ2v) is 18.2. The second-order valence-electron chi connectivity index (χ2n) is 18.2. The number of esters is 1. The van der Waals surface area contributed by atoms with Crippen molar-refractivity contribution in [2.24, 2.45) is 50.2 Å². The Morgan fingerprint density at radius 2 is 1.53 bits per heavy atom. The Morgan fingerprint density at radius 1 is 0.851 bits per heavy atom. The molecule has 1 saturated heterocycles. The maximum Gasteiger partial charge on any atom is 0.337 e. The molecule has 1 aliphatic heterocycles. The van der Waals surface area contributed by atoms with Crippen LogP contribution in [0.5, 0.6) is 0 Å². The van der Waals surface area contributed by atoms with Gasteiger partial charge in [-0.1, -0.05) is 60.1 Å². The van der Waals surface area contributed by atoms with Crippen LogP contribution < -0.4 is 0 Å². The molecule has 0 spiro atoms. The number of hydrogen-bond donors (Lipinski definition) is 5. The maximum absolute atomic E-state index is 13.0. The number of aliphatic hydroxyl groups is 4. The minimum absolute atomic E-state index is 0.00680. The van der Waals surface area contributed by atoms with Crippen LogP contribution in [0.1, 0.15) is 106 Å². The molecule has 10 heteroatoms. The maximum atomic E-state index is 13.0. The zero-order chi connectivity index (χ0) is 34.7. The van der Waals surface area contributed by atoms with E-state index in [1.54, 1.807) is 0 Å². The van der Waals surface area contributed by atoms with Crippen LogP contribution in [-0.4, -0.2) is 87.5 Å². The summed E-state index contributed by atoms with van der Waals surface area (Å²) in [5, 5.41) is 54.2. The highest BCUT2D eigenvalue weighted by atomic mass is 16.7. The second kappa shape index (κ2) is 11.2. The van der Waals surface area contributed by atoms with E-state index < -0.39 is 54.2 Å². The van der Waals surface area contributed by atoms with Crippen molar-refractivity contribution in [3.8, 4) is 0 Å². The van der Waals surface area contributed by atoms with E-state index in [1.165, 1.54) is 12.7 Å². The molecule has 5 N–H and O–H groups in total. The lowest BCUT2D eigenvalue weighted by Gasteiger charge is -2.71. The predicted molar refractivity (Wildman–Crippen MR) is 172 cm³/mol. The van der Waals surface area contributed by atoms with Crippen LogP contribution in [0.3, 0.4) is 0 Å². The Labute approximate surface area is 279 Å². The molecule has 10 nitrogen and oxygen atoms in total. The number of aliphatic carboxylic acids is 1. The largest absolute Gasteiger partial charge is 0.481 e. The third-order valence-electron chi connectivity index (χ3n) is 15.3. The number of allylic oxidation sites excluding steroid dienone is 2. The average molecular weight is 663 g/mol. The molecule has 0 radical (unpaired) electrons. The summed E-state index contributed by atoms with van der Waals surface area (Å²) in [4.78, 5) is 25.3. The quantitative estimate of drug-likeness (QED) is 0.167. The van der Waals surface area contributed by atoms with Gasteiger partial charge in [0.15, 0.2) is 12.4 Å². The molecule has 0 aromatic heterocycles. The molecular weight excluding hydrogens is 604 g/mol. The Bertz CT molecular complexity index is 1310. The topological polar surface area (TPSA) is 163 Å². The summed E-state index contributed by atoms with van der Waals surface area (Å²) >= 11 is 0. The van der Waals surface area contributed by atoms with Crippen LogP contribution in [0.4, 0.5) is 0 Å². The first-order valence-electron chi connectivity index (χ1n) is 17.8. The van der Waals surface area contributed by atoms with E-state index in [-0.39, 0.29) is 45.0 Å². The van der Waals surface area contributed by atoms with E-state index in [0.717, 1.165) is 38.5 Å². The van der Waals surface area contributed by atoms with Gasteiger partial charge in [0, 0.05) is 0 Å². The van der Waals surface area contributed by atoms with E-state index in [9.17, 15) is 35.1 Å². The third-order valence-corrected chi connectivity index (χ3v) is 15.3. The van der Waals surface area contributed by atoms with E-state index >= 15 is 0 Å². The van der Waals surface area contributed by atoms with Gasteiger partial charge in [0.25, 0.3) is 0 Å². The standard InChI is InChI=1S/C37H58O10/c1-32(2)15-16-37(31(43)44)20(17-32)19-9-10-22-34(5)13-12-24(46-30-27(41)25(39)26(40)28(47-30)29(42)45-8)33(3,4)21(34)11-14-35(22,6)36(19,7)18-23(37)38/h9,20-28,30,38-41H,10-18H2,1-8H3,(H,43,44)/t20-,21?,22?,23?,24-,25-,26-,27+,28-,30+,34-,35+,36?,37+/m0/s1. The number of methoxy groups -OCH3 is 1. The predicted octanol–water partition coefficient (Wildman–Crippen LogP) is 4.21. The summed E-state index contributed by atoms with van der Waals surface area (Å²) in [6, 6.07) is 0. The first kappa shape index (κ1) is 35.3. The van der Waals surface area contributed by atoms with Gasteiger partial charge in [-0.15, -0.1) is 0 Å². The average Bonchev–Trinajstić information content (AvgIpc) is 2.98. The third kappa shape index (κ3) is 4.78. The number of rotatable bonds is 4. The molecule has 6 rings (SSSR count). The molecule has 6 aliphatic rings. The molecule has 1 heterocycles. The van der Waals surface area contributed by atoms with Crippen LogP contribution in [0, 0.1) is 50.2 Å². The summed E-state index contributed by atoms with van der Waals surface area (Å²) in [5.41, 5.74) is -0.775. The molecular formula is C37H58O10. The monoisotopic (exact) mass is 662 g/mol. The first-order chi connectivity index (χ1) is 21.7. The summed E-state index contributed by atoms with van der Waals surface area (Å²) in [7, 11) is 1.17. The van der Waals surface area contributed by atoms with Crippen molar-refractivity contribution in [2.75, 3.05) is 7.11 Å². The van der Waals surface area contributed by atoms with E-state index in [1.807, 2.05) is 0 Å². The highest BCUT2D eigenvalue weighted by molar-refractivity contribution is 5.78. The number of carbonyl (C=O) groups is 2. The lowest BCUT2D eigenvalue weighted by atomic mass is 9.33. The van der Waals surface area contributed by atoms with Crippen molar-refractivity contribution >= 4 is 11.9 Å². The molecule has 0 bridgehead atoms. The number of hydrogen-bond acceptors (Lipinski definition) is 9. The van der Waals surface area contributed by atoms with Gasteiger partial charge in [-0.25, -0.2) is 4.79 Å². The number of aliphatic hydroxyl groups excluding tert-OH is 4. The zero-order valence-electron chi connectivity index (χ0n) is 29.5. The van der Waals surface area contributed by atoms with Gasteiger partial charge in [-0.2, -0.15) is 0 Å². The van der Waals surface area contributed by atoms with E-state index in [4.69, 9.17) is 14.2 Å². The highest BCUT2D eigenvalue weighted by Gasteiger charge is 2.71. The van der Waals surface area contributed by atoms with Crippen LogP contribution in [0.2, 0.25) is 0 Å². The number of carbonyl (C=O) groups excluding carboxylic acids is 1. The number of fused-ring (bicyclic) bond motifs is 7. The molecule has 4 unspecified atom stereocenters. The molecule has 0 amide bonds. The Morgan fingerprint density at radius 3 is 2.17 bits per heavy atom. The summed E-state index contributed by atoms with van der Waals surface area (Å²) in [6.07, 6.45) is 0.332. The SMILES string of the molecule is COC(=O)[C@H]1O[C@@H](O[C@H]2CC[C@@]3(C)C(CC[C@]4(C)C3CC=C3[C@@H]5CC(C)(C)CC[C@]5(C(=O)O)C(O)CC34C)C2(C)C)[C@H](O)[C@@H](O)[C@@H]1O. The fraction of sp³-hybridized carbons (Fsp3) is 0.892. The Kier molecular flexibility index (Phi) is 8.42. The van der Waals surface area contributed by atoms with E-state index in [2.05, 4.69) is 54.5 Å². The lowest BCUT2D eigenvalue weighted by molar-refractivity contribution is -0.324. The number of carboxylic acids is 1. The van der Waals surface area contributed by atoms with Crippen molar-refractivity contribution in [1.29, 1.82) is 0 Å². The van der Waals surface area contributed by atoms with Crippen molar-refractivity contribution in [3.05, 3.63) is 11.6 Å². The van der Waals surface area contributed by atoms with Crippen LogP contribution in [0.15, 0.2) is 11.6 Å². The van der Waals surface area contributed by atoms with Gasteiger partial charge in [0.1, 0.15) is 23.7 Å². The lowest BCUT2D eigenvalue weighted by Crippen LogP contribution is -2.68. The number of ether oxygens (including phenoxy) is 3.